The second-order valence-corrected chi connectivity index (χ2v) is 11.3. The molecule has 0 radical (unpaired) electrons. The van der Waals surface area contributed by atoms with Crippen molar-refractivity contribution in [3.63, 3.8) is 0 Å². The first-order valence-corrected chi connectivity index (χ1v) is 13.1. The van der Waals surface area contributed by atoms with E-state index in [0.717, 1.165) is 4.57 Å². The van der Waals surface area contributed by atoms with Crippen molar-refractivity contribution >= 4 is 22.5 Å². The fraction of sp³-hybridized carbons (Fsp3) is 0.481. The molecule has 1 amide bonds. The zero-order valence-corrected chi connectivity index (χ0v) is 23.0. The number of piperidine rings is 1. The van der Waals surface area contributed by atoms with E-state index in [9.17, 15) is 22.4 Å². The molecule has 1 aliphatic rings. The van der Waals surface area contributed by atoms with Crippen LogP contribution in [0, 0.1) is 0 Å². The van der Waals surface area contributed by atoms with E-state index in [-0.39, 0.29) is 47.1 Å². The van der Waals surface area contributed by atoms with Crippen LogP contribution in [0.5, 0.6) is 0 Å². The predicted molar refractivity (Wildman–Crippen MR) is 142 cm³/mol. The highest BCUT2D eigenvalue weighted by atomic mass is 19.4. The number of anilines is 1. The van der Waals surface area contributed by atoms with Gasteiger partial charge in [0.2, 0.25) is 11.7 Å². The van der Waals surface area contributed by atoms with Crippen LogP contribution in [0.3, 0.4) is 0 Å². The van der Waals surface area contributed by atoms with Crippen molar-refractivity contribution < 1.29 is 31.4 Å². The van der Waals surface area contributed by atoms with Gasteiger partial charge in [-0.05, 0) is 31.7 Å². The Kier molecular flexibility index (Phi) is 7.53. The maximum Gasteiger partial charge on any atom is 0.406 e. The summed E-state index contributed by atoms with van der Waals surface area (Å²) in [6, 6.07) is 7.48. The summed E-state index contributed by atoms with van der Waals surface area (Å²) in [6.07, 6.45) is -5.12. The SMILES string of the molecule is CN1CC[C@@H](Nc2cccc3c2cc(-c2noc(CNC(=O)c4cc(C(C)(C)C)on4)n2)n3CC(F)(F)F)[C@@H](F)C1. The summed E-state index contributed by atoms with van der Waals surface area (Å²) in [4.78, 5) is 18.6. The van der Waals surface area contributed by atoms with E-state index in [2.05, 4.69) is 25.9 Å². The van der Waals surface area contributed by atoms with Gasteiger partial charge in [-0.1, -0.05) is 37.2 Å². The van der Waals surface area contributed by atoms with Crippen LogP contribution in [0.1, 0.15) is 49.3 Å². The van der Waals surface area contributed by atoms with Crippen LogP contribution in [0.2, 0.25) is 0 Å². The summed E-state index contributed by atoms with van der Waals surface area (Å²) >= 11 is 0. The summed E-state index contributed by atoms with van der Waals surface area (Å²) in [5.74, 6) is -0.0978. The maximum absolute atomic E-state index is 14.7. The molecule has 0 spiro atoms. The van der Waals surface area contributed by atoms with Gasteiger partial charge in [-0.25, -0.2) is 4.39 Å². The number of rotatable bonds is 7. The van der Waals surface area contributed by atoms with Crippen LogP contribution >= 0.6 is 0 Å². The van der Waals surface area contributed by atoms with Crippen molar-refractivity contribution in [3.8, 4) is 11.5 Å². The molecule has 2 atom stereocenters. The molecule has 1 aromatic carbocycles. The van der Waals surface area contributed by atoms with Gasteiger partial charge in [0.25, 0.3) is 5.91 Å². The molecule has 14 heteroatoms. The summed E-state index contributed by atoms with van der Waals surface area (Å²) < 4.78 is 67.2. The van der Waals surface area contributed by atoms with E-state index >= 15 is 0 Å². The molecule has 4 aromatic rings. The lowest BCUT2D eigenvalue weighted by atomic mass is 9.93. The van der Waals surface area contributed by atoms with E-state index in [1.165, 1.54) is 12.1 Å². The average molecular weight is 578 g/mol. The van der Waals surface area contributed by atoms with Gasteiger partial charge in [-0.3, -0.25) is 4.79 Å². The zero-order valence-electron chi connectivity index (χ0n) is 23.0. The first kappa shape index (κ1) is 28.6. The third kappa shape index (κ3) is 6.37. The third-order valence-electron chi connectivity index (χ3n) is 6.95. The molecule has 1 saturated heterocycles. The Hall–Kier alpha value is -3.94. The lowest BCUT2D eigenvalue weighted by molar-refractivity contribution is -0.139. The molecule has 0 bridgehead atoms. The number of alkyl halides is 4. The monoisotopic (exact) mass is 577 g/mol. The molecule has 0 saturated carbocycles. The van der Waals surface area contributed by atoms with Gasteiger partial charge in [0.15, 0.2) is 5.69 Å². The number of nitrogens with one attached hydrogen (secondary N) is 2. The molecule has 3 aromatic heterocycles. The van der Waals surface area contributed by atoms with Gasteiger partial charge < -0.3 is 29.1 Å². The number of carbonyl (C=O) groups is 1. The average Bonchev–Trinajstić information content (AvgIpc) is 3.63. The molecule has 220 valence electrons. The Morgan fingerprint density at radius 3 is 2.61 bits per heavy atom. The summed E-state index contributed by atoms with van der Waals surface area (Å²) in [7, 11) is 1.84. The minimum Gasteiger partial charge on any atom is -0.379 e. The van der Waals surface area contributed by atoms with Crippen molar-refractivity contribution in [2.75, 3.05) is 25.5 Å². The van der Waals surface area contributed by atoms with Gasteiger partial charge in [0, 0.05) is 35.6 Å². The maximum atomic E-state index is 14.7. The van der Waals surface area contributed by atoms with Crippen LogP contribution in [0.25, 0.3) is 22.4 Å². The Bertz CT molecular complexity index is 1540. The van der Waals surface area contributed by atoms with Gasteiger partial charge in [-0.15, -0.1) is 0 Å². The summed E-state index contributed by atoms with van der Waals surface area (Å²) in [5.41, 5.74) is 0.600. The molecule has 1 aliphatic heterocycles. The number of carbonyl (C=O) groups excluding carboxylic acids is 1. The fourth-order valence-electron chi connectivity index (χ4n) is 4.78. The largest absolute Gasteiger partial charge is 0.406 e. The molecule has 5 rings (SSSR count). The van der Waals surface area contributed by atoms with Crippen molar-refractivity contribution in [2.45, 2.75) is 64.1 Å². The molecular weight excluding hydrogens is 546 g/mol. The Labute approximate surface area is 233 Å². The van der Waals surface area contributed by atoms with Crippen molar-refractivity contribution in [1.82, 2.24) is 30.1 Å². The molecule has 0 unspecified atom stereocenters. The van der Waals surface area contributed by atoms with E-state index < -0.39 is 30.8 Å². The van der Waals surface area contributed by atoms with Crippen LogP contribution in [0.15, 0.2) is 39.4 Å². The van der Waals surface area contributed by atoms with Gasteiger partial charge in [-0.2, -0.15) is 18.2 Å². The Morgan fingerprint density at radius 2 is 1.93 bits per heavy atom. The normalized spacial score (nSPS) is 18.6. The van der Waals surface area contributed by atoms with Crippen molar-refractivity contribution in [3.05, 3.63) is 47.7 Å². The first-order valence-electron chi connectivity index (χ1n) is 13.1. The Morgan fingerprint density at radius 1 is 1.15 bits per heavy atom. The molecule has 1 fully saturated rings. The number of aromatic nitrogens is 4. The van der Waals surface area contributed by atoms with E-state index in [1.54, 1.807) is 18.2 Å². The number of amides is 1. The third-order valence-corrected chi connectivity index (χ3v) is 6.95. The van der Waals surface area contributed by atoms with Crippen molar-refractivity contribution in [2.24, 2.45) is 0 Å². The number of fused-ring (bicyclic) bond motifs is 1. The minimum atomic E-state index is -4.54. The smallest absolute Gasteiger partial charge is 0.379 e. The molecule has 0 aliphatic carbocycles. The lowest BCUT2D eigenvalue weighted by Crippen LogP contribution is -2.46. The molecule has 41 heavy (non-hydrogen) atoms. The van der Waals surface area contributed by atoms with Crippen LogP contribution in [-0.2, 0) is 18.5 Å². The highest BCUT2D eigenvalue weighted by molar-refractivity contribution is 5.96. The lowest BCUT2D eigenvalue weighted by Gasteiger charge is -2.33. The van der Waals surface area contributed by atoms with Gasteiger partial charge in [0.1, 0.15) is 18.5 Å². The number of benzene rings is 1. The summed E-state index contributed by atoms with van der Waals surface area (Å²) in [5, 5.41) is 13.9. The Balaban J connectivity index is 1.40. The number of hydrogen-bond donors (Lipinski definition) is 2. The van der Waals surface area contributed by atoms with E-state index in [1.807, 2.05) is 32.7 Å². The number of halogens is 4. The summed E-state index contributed by atoms with van der Waals surface area (Å²) in [6.45, 7) is 5.24. The second-order valence-electron chi connectivity index (χ2n) is 11.3. The highest BCUT2D eigenvalue weighted by Gasteiger charge is 2.32. The topological polar surface area (TPSA) is 114 Å². The van der Waals surface area contributed by atoms with Crippen molar-refractivity contribution in [1.29, 1.82) is 0 Å². The minimum absolute atomic E-state index is 0.0124. The van der Waals surface area contributed by atoms with E-state index in [4.69, 9.17) is 9.05 Å². The van der Waals surface area contributed by atoms with Crippen LogP contribution in [-0.4, -0.2) is 69.2 Å². The first-order chi connectivity index (χ1) is 19.3. The quantitative estimate of drug-likeness (QED) is 0.298. The second kappa shape index (κ2) is 10.8. The molecule has 4 heterocycles. The van der Waals surface area contributed by atoms with Crippen LogP contribution < -0.4 is 10.6 Å². The van der Waals surface area contributed by atoms with Crippen LogP contribution in [0.4, 0.5) is 23.2 Å². The standard InChI is InChI=1S/C27H31F4N7O3/c1-26(2,3)22-11-19(35-40-22)25(39)32-12-23-34-24(36-41-23)21-10-15-17(33-18-8-9-37(4)13-16(18)28)6-5-7-20(15)38(21)14-27(29,30)31/h5-7,10-11,16,18,33H,8-9,12-14H2,1-4H3,(H,32,39)/t16-,18+/m0/s1. The van der Waals surface area contributed by atoms with Gasteiger partial charge >= 0.3 is 6.18 Å². The molecule has 10 nitrogen and oxygen atoms in total. The zero-order chi connectivity index (χ0) is 29.5. The predicted octanol–water partition coefficient (Wildman–Crippen LogP) is 4.92. The fourth-order valence-corrected chi connectivity index (χ4v) is 4.78. The van der Waals surface area contributed by atoms with E-state index in [0.29, 0.717) is 29.8 Å². The number of hydrogen-bond acceptors (Lipinski definition) is 8. The van der Waals surface area contributed by atoms with Gasteiger partial charge in [0.05, 0.1) is 23.8 Å². The highest BCUT2D eigenvalue weighted by Crippen LogP contribution is 2.35. The molecule has 2 N–H and O–H groups in total. The molecular formula is C27H31F4N7O3. The number of likely N-dealkylation sites (tertiary alicyclic amines) is 1. The number of nitrogens with zero attached hydrogens (tertiary/aromatic N) is 5.